The van der Waals surface area contributed by atoms with Crippen LogP contribution in [0, 0.1) is 52.3 Å². The van der Waals surface area contributed by atoms with E-state index in [1.165, 1.54) is 44.9 Å². The van der Waals surface area contributed by atoms with Crippen LogP contribution in [0.4, 0.5) is 0 Å². The molecule has 4 saturated carbocycles. The molecule has 10 unspecified atom stereocenters. The lowest BCUT2D eigenvalue weighted by atomic mass is 9.43. The van der Waals surface area contributed by atoms with Crippen molar-refractivity contribution in [3.05, 3.63) is 0 Å². The lowest BCUT2D eigenvalue weighted by Gasteiger charge is -2.62. The van der Waals surface area contributed by atoms with E-state index in [1.54, 1.807) is 0 Å². The molecule has 2 nitrogen and oxygen atoms in total. The zero-order valence-electron chi connectivity index (χ0n) is 19.9. The van der Waals surface area contributed by atoms with Gasteiger partial charge in [0.05, 0.1) is 12.2 Å². The molecule has 4 rings (SSSR count). The van der Waals surface area contributed by atoms with Crippen LogP contribution in [-0.2, 0) is 0 Å². The fraction of sp³-hybridized carbons (Fsp3) is 1.00. The Morgan fingerprint density at radius 2 is 1.66 bits per heavy atom. The fourth-order valence-corrected chi connectivity index (χ4v) is 9.38. The van der Waals surface area contributed by atoms with Crippen molar-refractivity contribution < 1.29 is 10.2 Å². The van der Waals surface area contributed by atoms with Gasteiger partial charge in [-0.2, -0.15) is 0 Å². The Balaban J connectivity index is 1.51. The largest absolute Gasteiger partial charge is 0.393 e. The summed E-state index contributed by atoms with van der Waals surface area (Å²) in [5.41, 5.74) is 0.596. The number of hydrogen-bond donors (Lipinski definition) is 2. The van der Waals surface area contributed by atoms with E-state index in [1.807, 2.05) is 0 Å². The maximum absolute atomic E-state index is 11.6. The standard InChI is InChI=1S/C27H48O2/c1-17(2)7-6-8-18(3)22-11-12-23-21-10-9-19-15-20(28)13-14-26(19,4)25(21)24(29)16-27(22,23)5/h17-25,28-29H,6-16H2,1-5H3. The van der Waals surface area contributed by atoms with Gasteiger partial charge < -0.3 is 10.2 Å². The van der Waals surface area contributed by atoms with Crippen LogP contribution in [0.1, 0.15) is 105 Å². The van der Waals surface area contributed by atoms with Crippen LogP contribution in [0.2, 0.25) is 0 Å². The van der Waals surface area contributed by atoms with Crippen molar-refractivity contribution in [2.45, 2.75) is 117 Å². The molecular weight excluding hydrogens is 356 g/mol. The second-order valence-electron chi connectivity index (χ2n) is 12.8. The van der Waals surface area contributed by atoms with E-state index in [0.29, 0.717) is 23.2 Å². The minimum Gasteiger partial charge on any atom is -0.393 e. The molecule has 4 aliphatic carbocycles. The average Bonchev–Trinajstić information content (AvgIpc) is 2.98. The van der Waals surface area contributed by atoms with E-state index in [0.717, 1.165) is 49.4 Å². The third-order valence-corrected chi connectivity index (χ3v) is 10.8. The number of rotatable bonds is 5. The molecule has 0 heterocycles. The highest BCUT2D eigenvalue weighted by atomic mass is 16.3. The molecule has 0 saturated heterocycles. The van der Waals surface area contributed by atoms with Gasteiger partial charge in [0.1, 0.15) is 0 Å². The van der Waals surface area contributed by atoms with Gasteiger partial charge in [-0.3, -0.25) is 0 Å². The van der Waals surface area contributed by atoms with Crippen molar-refractivity contribution in [1.29, 1.82) is 0 Å². The van der Waals surface area contributed by atoms with E-state index in [4.69, 9.17) is 0 Å². The second kappa shape index (κ2) is 8.12. The van der Waals surface area contributed by atoms with Crippen LogP contribution >= 0.6 is 0 Å². The monoisotopic (exact) mass is 404 g/mol. The first-order valence-corrected chi connectivity index (χ1v) is 13.0. The van der Waals surface area contributed by atoms with Crippen molar-refractivity contribution >= 4 is 0 Å². The zero-order chi connectivity index (χ0) is 21.0. The summed E-state index contributed by atoms with van der Waals surface area (Å²) in [4.78, 5) is 0. The minimum atomic E-state index is -0.132. The molecule has 0 radical (unpaired) electrons. The Hall–Kier alpha value is -0.0800. The predicted octanol–water partition coefficient (Wildman–Crippen LogP) is 6.44. The van der Waals surface area contributed by atoms with Crippen LogP contribution in [0.5, 0.6) is 0 Å². The molecule has 10 atom stereocenters. The van der Waals surface area contributed by atoms with Crippen molar-refractivity contribution in [2.75, 3.05) is 0 Å². The number of aliphatic hydroxyl groups excluding tert-OH is 2. The van der Waals surface area contributed by atoms with Crippen molar-refractivity contribution in [1.82, 2.24) is 0 Å². The third kappa shape index (κ3) is 3.73. The molecule has 0 spiro atoms. The van der Waals surface area contributed by atoms with Gasteiger partial charge in [-0.1, -0.05) is 53.9 Å². The summed E-state index contributed by atoms with van der Waals surface area (Å²) in [5, 5.41) is 21.8. The van der Waals surface area contributed by atoms with Gasteiger partial charge in [-0.15, -0.1) is 0 Å². The first-order chi connectivity index (χ1) is 13.7. The van der Waals surface area contributed by atoms with Gasteiger partial charge in [0.2, 0.25) is 0 Å². The van der Waals surface area contributed by atoms with Gasteiger partial charge in [0.15, 0.2) is 0 Å². The van der Waals surface area contributed by atoms with E-state index in [2.05, 4.69) is 34.6 Å². The lowest BCUT2D eigenvalue weighted by Crippen LogP contribution is -2.59. The normalized spacial score (nSPS) is 50.7. The number of aliphatic hydroxyl groups is 2. The van der Waals surface area contributed by atoms with Crippen molar-refractivity contribution in [2.24, 2.45) is 52.3 Å². The first kappa shape index (κ1) is 22.1. The van der Waals surface area contributed by atoms with Crippen LogP contribution in [0.15, 0.2) is 0 Å². The predicted molar refractivity (Wildman–Crippen MR) is 120 cm³/mol. The molecule has 0 aliphatic heterocycles. The Morgan fingerprint density at radius 3 is 2.38 bits per heavy atom. The maximum atomic E-state index is 11.6. The van der Waals surface area contributed by atoms with E-state index < -0.39 is 0 Å². The SMILES string of the molecule is CC(C)CCCC(C)C1CCC2C3CCC4CC(O)CCC4(C)C3C(O)CC12C. The minimum absolute atomic E-state index is 0.0989. The van der Waals surface area contributed by atoms with E-state index >= 15 is 0 Å². The molecular formula is C27H48O2. The highest BCUT2D eigenvalue weighted by Gasteiger charge is 2.63. The zero-order valence-corrected chi connectivity index (χ0v) is 19.9. The fourth-order valence-electron chi connectivity index (χ4n) is 9.38. The molecule has 2 N–H and O–H groups in total. The Kier molecular flexibility index (Phi) is 6.19. The molecule has 4 aliphatic rings. The first-order valence-electron chi connectivity index (χ1n) is 13.0. The third-order valence-electron chi connectivity index (χ3n) is 10.8. The lowest BCUT2D eigenvalue weighted by molar-refractivity contribution is -0.179. The summed E-state index contributed by atoms with van der Waals surface area (Å²) in [5.74, 6) is 5.04. The van der Waals surface area contributed by atoms with Crippen LogP contribution in [-0.4, -0.2) is 22.4 Å². The quantitative estimate of drug-likeness (QED) is 0.553. The van der Waals surface area contributed by atoms with Crippen LogP contribution in [0.25, 0.3) is 0 Å². The van der Waals surface area contributed by atoms with Gasteiger partial charge in [-0.05, 0) is 104 Å². The highest BCUT2D eigenvalue weighted by Crippen LogP contribution is 2.68. The summed E-state index contributed by atoms with van der Waals surface area (Å²) in [6.07, 6.45) is 13.3. The summed E-state index contributed by atoms with van der Waals surface area (Å²) >= 11 is 0. The van der Waals surface area contributed by atoms with Gasteiger partial charge in [0, 0.05) is 0 Å². The number of fused-ring (bicyclic) bond motifs is 5. The smallest absolute Gasteiger partial charge is 0.0581 e. The molecule has 0 bridgehead atoms. The molecule has 0 aromatic heterocycles. The molecule has 4 fully saturated rings. The summed E-state index contributed by atoms with van der Waals surface area (Å²) < 4.78 is 0. The second-order valence-corrected chi connectivity index (χ2v) is 12.8. The topological polar surface area (TPSA) is 40.5 Å². The Morgan fingerprint density at radius 1 is 0.897 bits per heavy atom. The van der Waals surface area contributed by atoms with Gasteiger partial charge >= 0.3 is 0 Å². The van der Waals surface area contributed by atoms with Gasteiger partial charge in [0.25, 0.3) is 0 Å². The van der Waals surface area contributed by atoms with E-state index in [9.17, 15) is 10.2 Å². The van der Waals surface area contributed by atoms with Crippen LogP contribution < -0.4 is 0 Å². The molecule has 168 valence electrons. The van der Waals surface area contributed by atoms with Crippen LogP contribution in [0.3, 0.4) is 0 Å². The van der Waals surface area contributed by atoms with E-state index in [-0.39, 0.29) is 17.6 Å². The Bertz CT molecular complexity index is 573. The summed E-state index contributed by atoms with van der Waals surface area (Å²) in [6.45, 7) is 12.2. The Labute approximate surface area is 180 Å². The van der Waals surface area contributed by atoms with Gasteiger partial charge in [-0.25, -0.2) is 0 Å². The summed E-state index contributed by atoms with van der Waals surface area (Å²) in [7, 11) is 0. The summed E-state index contributed by atoms with van der Waals surface area (Å²) in [6, 6.07) is 0. The molecule has 0 aromatic rings. The molecule has 29 heavy (non-hydrogen) atoms. The highest BCUT2D eigenvalue weighted by molar-refractivity contribution is 5.12. The average molecular weight is 405 g/mol. The molecule has 0 aromatic carbocycles. The van der Waals surface area contributed by atoms with Crippen molar-refractivity contribution in [3.8, 4) is 0 Å². The molecule has 2 heteroatoms. The van der Waals surface area contributed by atoms with Crippen molar-refractivity contribution in [3.63, 3.8) is 0 Å². The maximum Gasteiger partial charge on any atom is 0.0581 e. The molecule has 0 amide bonds. The number of hydrogen-bond acceptors (Lipinski definition) is 2.